The molecule has 0 saturated carbocycles. The van der Waals surface area contributed by atoms with Crippen molar-refractivity contribution in [2.45, 2.75) is 26.7 Å². The van der Waals surface area contributed by atoms with Crippen LogP contribution in [0.4, 0.5) is 0 Å². The molecule has 0 aliphatic heterocycles. The summed E-state index contributed by atoms with van der Waals surface area (Å²) in [4.78, 5) is 4.77. The van der Waals surface area contributed by atoms with Gasteiger partial charge in [-0.2, -0.15) is 0 Å². The van der Waals surface area contributed by atoms with Crippen LogP contribution in [0.3, 0.4) is 0 Å². The van der Waals surface area contributed by atoms with Gasteiger partial charge in [0.1, 0.15) is 11.2 Å². The average Bonchev–Trinajstić information content (AvgIpc) is 3.29. The predicted molar refractivity (Wildman–Crippen MR) is 125 cm³/mol. The van der Waals surface area contributed by atoms with Gasteiger partial charge in [-0.15, -0.1) is 11.0 Å². The first-order valence-corrected chi connectivity index (χ1v) is 10.5. The van der Waals surface area contributed by atoms with E-state index in [0.29, 0.717) is 0 Å². The Morgan fingerprint density at radius 2 is 1.06 bits per heavy atom. The Balaban J connectivity index is 0.00000204. The Kier molecular flexibility index (Phi) is 4.97. The molecule has 2 nitrogen and oxygen atoms in total. The van der Waals surface area contributed by atoms with Crippen molar-refractivity contribution in [2.75, 3.05) is 0 Å². The summed E-state index contributed by atoms with van der Waals surface area (Å²) >= 11 is 0. The molecular formula is C28H22NORe-. The van der Waals surface area contributed by atoms with Gasteiger partial charge in [-0.1, -0.05) is 59.7 Å². The van der Waals surface area contributed by atoms with E-state index < -0.39 is 0 Å². The molecule has 2 heterocycles. The fourth-order valence-electron chi connectivity index (χ4n) is 4.53. The molecule has 6 aromatic rings. The van der Waals surface area contributed by atoms with E-state index in [0.717, 1.165) is 35.0 Å². The summed E-state index contributed by atoms with van der Waals surface area (Å²) in [6.45, 7) is 4.27. The number of benzene rings is 4. The van der Waals surface area contributed by atoms with Gasteiger partial charge in [-0.3, -0.25) is 0 Å². The van der Waals surface area contributed by atoms with Crippen LogP contribution < -0.4 is 4.98 Å². The summed E-state index contributed by atoms with van der Waals surface area (Å²) in [5.74, 6) is 0. The quantitative estimate of drug-likeness (QED) is 0.223. The summed E-state index contributed by atoms with van der Waals surface area (Å²) in [6, 6.07) is 26.2. The predicted octanol–water partition coefficient (Wildman–Crippen LogP) is 7.25. The standard InChI is InChI=1S/C28H22NO.Re/c1-17-3-9-25-21(13-17)22-15-19(7-10-26(22)29-25)5-6-20-8-12-28-24(16-20)23-14-18(2)4-11-27(23)30-28;/h3-4,7-16H,5-6H2,1-2H3;/q-1;. The molecule has 0 aliphatic rings. The van der Waals surface area contributed by atoms with Crippen molar-refractivity contribution < 1.29 is 24.8 Å². The molecule has 2 aromatic heterocycles. The van der Waals surface area contributed by atoms with Crippen molar-refractivity contribution in [1.82, 2.24) is 4.98 Å². The van der Waals surface area contributed by atoms with Gasteiger partial charge in [0.05, 0.1) is 0 Å². The first-order valence-electron chi connectivity index (χ1n) is 10.5. The molecule has 0 atom stereocenters. The Bertz CT molecular complexity index is 1450. The van der Waals surface area contributed by atoms with Gasteiger partial charge in [0.15, 0.2) is 0 Å². The van der Waals surface area contributed by atoms with Crippen molar-refractivity contribution in [3.8, 4) is 0 Å². The number of aryl methyl sites for hydroxylation is 4. The van der Waals surface area contributed by atoms with Crippen molar-refractivity contribution >= 4 is 43.7 Å². The molecule has 0 saturated heterocycles. The van der Waals surface area contributed by atoms with E-state index in [1.807, 2.05) is 0 Å². The molecular weight excluding hydrogens is 553 g/mol. The van der Waals surface area contributed by atoms with Crippen molar-refractivity contribution in [1.29, 1.82) is 0 Å². The van der Waals surface area contributed by atoms with E-state index in [4.69, 9.17) is 9.40 Å². The molecule has 0 amide bonds. The Hall–Kier alpha value is -2.86. The number of aromatic nitrogens is 1. The Morgan fingerprint density at radius 3 is 1.81 bits per heavy atom. The second-order valence-electron chi connectivity index (χ2n) is 8.42. The van der Waals surface area contributed by atoms with E-state index >= 15 is 0 Å². The van der Waals surface area contributed by atoms with Gasteiger partial charge in [0, 0.05) is 31.2 Å². The summed E-state index contributed by atoms with van der Waals surface area (Å²) in [5.41, 5.74) is 9.32. The average molecular weight is 575 g/mol. The number of furan rings is 1. The third kappa shape index (κ3) is 3.49. The van der Waals surface area contributed by atoms with Gasteiger partial charge in [-0.25, -0.2) is 0 Å². The molecule has 3 heteroatoms. The number of hydrogen-bond acceptors (Lipinski definition) is 1. The van der Waals surface area contributed by atoms with E-state index in [2.05, 4.69) is 86.6 Å². The molecule has 0 bridgehead atoms. The van der Waals surface area contributed by atoms with Gasteiger partial charge >= 0.3 is 0 Å². The van der Waals surface area contributed by atoms with Crippen LogP contribution >= 0.6 is 0 Å². The summed E-state index contributed by atoms with van der Waals surface area (Å²) in [7, 11) is 0. The zero-order chi connectivity index (χ0) is 20.2. The van der Waals surface area contributed by atoms with Crippen LogP contribution in [0.15, 0.2) is 77.2 Å². The first-order chi connectivity index (χ1) is 14.6. The maximum atomic E-state index is 6.01. The van der Waals surface area contributed by atoms with E-state index in [-0.39, 0.29) is 20.4 Å². The van der Waals surface area contributed by atoms with E-state index in [9.17, 15) is 0 Å². The zero-order valence-electron chi connectivity index (χ0n) is 17.6. The second kappa shape index (κ2) is 7.68. The molecule has 1 radical (unpaired) electrons. The monoisotopic (exact) mass is 575 g/mol. The van der Waals surface area contributed by atoms with E-state index in [1.54, 1.807) is 0 Å². The van der Waals surface area contributed by atoms with Crippen LogP contribution in [-0.4, -0.2) is 0 Å². The number of rotatable bonds is 3. The van der Waals surface area contributed by atoms with Gasteiger partial charge in [0.2, 0.25) is 0 Å². The largest absolute Gasteiger partial charge is 0.657 e. The molecule has 31 heavy (non-hydrogen) atoms. The van der Waals surface area contributed by atoms with Gasteiger partial charge in [0.25, 0.3) is 0 Å². The SMILES string of the molecule is Cc1ccc2[n-]c3ccc(CCc4ccc5oc6ccc(C)cc6c5c4)cc3c2c1.[Re]. The molecule has 0 fully saturated rings. The normalized spacial score (nSPS) is 11.5. The topological polar surface area (TPSA) is 27.2 Å². The number of fused-ring (bicyclic) bond motifs is 6. The van der Waals surface area contributed by atoms with Crippen LogP contribution in [0, 0.1) is 13.8 Å². The summed E-state index contributed by atoms with van der Waals surface area (Å²) in [6.07, 6.45) is 2.01. The molecule has 4 aromatic carbocycles. The van der Waals surface area contributed by atoms with Gasteiger partial charge < -0.3 is 9.40 Å². The Labute approximate surface area is 194 Å². The van der Waals surface area contributed by atoms with Crippen LogP contribution in [-0.2, 0) is 33.3 Å². The smallest absolute Gasteiger partial charge is 0.135 e. The fraction of sp³-hybridized carbons (Fsp3) is 0.143. The number of hydrogen-bond donors (Lipinski definition) is 0. The minimum Gasteiger partial charge on any atom is -0.657 e. The Morgan fingerprint density at radius 1 is 0.581 bits per heavy atom. The molecule has 0 N–H and O–H groups in total. The molecule has 6 rings (SSSR count). The summed E-state index contributed by atoms with van der Waals surface area (Å²) in [5, 5.41) is 4.94. The van der Waals surface area contributed by atoms with Crippen molar-refractivity contribution in [2.24, 2.45) is 0 Å². The van der Waals surface area contributed by atoms with E-state index in [1.165, 1.54) is 43.8 Å². The molecule has 153 valence electrons. The van der Waals surface area contributed by atoms with Crippen LogP contribution in [0.25, 0.3) is 43.7 Å². The molecule has 0 aliphatic carbocycles. The van der Waals surface area contributed by atoms with Crippen molar-refractivity contribution in [3.05, 3.63) is 95.1 Å². The third-order valence-electron chi connectivity index (χ3n) is 6.14. The maximum absolute atomic E-state index is 6.01. The zero-order valence-corrected chi connectivity index (χ0v) is 20.3. The fourth-order valence-corrected chi connectivity index (χ4v) is 4.53. The maximum Gasteiger partial charge on any atom is 0.135 e. The van der Waals surface area contributed by atoms with Crippen LogP contribution in [0.1, 0.15) is 22.3 Å². The van der Waals surface area contributed by atoms with Crippen LogP contribution in [0.5, 0.6) is 0 Å². The third-order valence-corrected chi connectivity index (χ3v) is 6.14. The number of nitrogens with zero attached hydrogens (tertiary/aromatic N) is 1. The second-order valence-corrected chi connectivity index (χ2v) is 8.42. The van der Waals surface area contributed by atoms with Crippen molar-refractivity contribution in [3.63, 3.8) is 0 Å². The van der Waals surface area contributed by atoms with Crippen LogP contribution in [0.2, 0.25) is 0 Å². The summed E-state index contributed by atoms with van der Waals surface area (Å²) < 4.78 is 6.01. The molecule has 0 unspecified atom stereocenters. The first kappa shape index (κ1) is 20.1. The molecule has 0 spiro atoms. The minimum atomic E-state index is 0. The minimum absolute atomic E-state index is 0. The van der Waals surface area contributed by atoms with Gasteiger partial charge in [-0.05, 0) is 72.9 Å².